The average Bonchev–Trinajstić information content (AvgIpc) is 2.68. The maximum absolute atomic E-state index is 12.7. The Morgan fingerprint density at radius 1 is 1.07 bits per heavy atom. The Morgan fingerprint density at radius 2 is 1.83 bits per heavy atom. The third-order valence-electron chi connectivity index (χ3n) is 5.90. The van der Waals surface area contributed by atoms with Crippen molar-refractivity contribution >= 4 is 17.6 Å². The molecule has 2 aromatic rings. The van der Waals surface area contributed by atoms with Gasteiger partial charge in [-0.25, -0.2) is 4.79 Å². The van der Waals surface area contributed by atoms with Gasteiger partial charge in [-0.15, -0.1) is 0 Å². The number of pyridine rings is 1. The first kappa shape index (κ1) is 20.2. The lowest BCUT2D eigenvalue weighted by molar-refractivity contribution is -0.116. The average molecular weight is 409 g/mol. The molecular weight excluding hydrogens is 380 g/mol. The number of carbonyl (C=O) groups is 2. The summed E-state index contributed by atoms with van der Waals surface area (Å²) in [5, 5.41) is 5.76. The molecule has 2 bridgehead atoms. The summed E-state index contributed by atoms with van der Waals surface area (Å²) in [6, 6.07) is 11.1. The molecule has 0 unspecified atom stereocenters. The van der Waals surface area contributed by atoms with Crippen LogP contribution < -0.4 is 16.2 Å². The lowest BCUT2D eigenvalue weighted by Gasteiger charge is -2.42. The van der Waals surface area contributed by atoms with Crippen LogP contribution in [-0.4, -0.2) is 41.0 Å². The van der Waals surface area contributed by atoms with Crippen LogP contribution in [0.25, 0.3) is 0 Å². The first-order valence-electron chi connectivity index (χ1n) is 10.5. The van der Waals surface area contributed by atoms with E-state index in [4.69, 9.17) is 0 Å². The van der Waals surface area contributed by atoms with Crippen molar-refractivity contribution < 1.29 is 9.59 Å². The van der Waals surface area contributed by atoms with Crippen molar-refractivity contribution in [3.8, 4) is 0 Å². The number of piperidine rings is 1. The summed E-state index contributed by atoms with van der Waals surface area (Å²) in [5.41, 5.74) is 4.02. The van der Waals surface area contributed by atoms with Crippen molar-refractivity contribution in [3.05, 3.63) is 63.6 Å². The lowest BCUT2D eigenvalue weighted by Crippen LogP contribution is -2.52. The fourth-order valence-electron chi connectivity index (χ4n) is 4.73. The van der Waals surface area contributed by atoms with Gasteiger partial charge in [-0.3, -0.25) is 9.59 Å². The quantitative estimate of drug-likeness (QED) is 0.816. The number of aromatic nitrogens is 1. The molecule has 2 aliphatic heterocycles. The number of hydrogen-bond acceptors (Lipinski definition) is 3. The van der Waals surface area contributed by atoms with E-state index in [0.717, 1.165) is 28.9 Å². The minimum absolute atomic E-state index is 0.0370. The van der Waals surface area contributed by atoms with Crippen LogP contribution in [-0.2, 0) is 11.3 Å². The number of hydrogen-bond donors (Lipinski definition) is 2. The van der Waals surface area contributed by atoms with Gasteiger partial charge in [0.05, 0.1) is 0 Å². The smallest absolute Gasteiger partial charge is 0.317 e. The molecular formula is C23H28N4O3. The van der Waals surface area contributed by atoms with E-state index < -0.39 is 0 Å². The maximum Gasteiger partial charge on any atom is 0.317 e. The zero-order valence-electron chi connectivity index (χ0n) is 17.5. The van der Waals surface area contributed by atoms with Crippen LogP contribution in [0.4, 0.5) is 10.5 Å². The molecule has 7 heteroatoms. The minimum Gasteiger partial charge on any atom is -0.337 e. The highest BCUT2D eigenvalue weighted by molar-refractivity contribution is 5.91. The third kappa shape index (κ3) is 4.40. The number of carbonyl (C=O) groups excluding carboxylic acids is 2. The van der Waals surface area contributed by atoms with Crippen molar-refractivity contribution in [2.75, 3.05) is 25.0 Å². The Labute approximate surface area is 176 Å². The first-order chi connectivity index (χ1) is 14.4. The molecule has 1 saturated heterocycles. The van der Waals surface area contributed by atoms with Gasteiger partial charge in [0.2, 0.25) is 5.91 Å². The van der Waals surface area contributed by atoms with Crippen molar-refractivity contribution in [1.82, 2.24) is 14.8 Å². The fourth-order valence-corrected chi connectivity index (χ4v) is 4.73. The Hall–Kier alpha value is -3.09. The molecule has 3 amide bonds. The van der Waals surface area contributed by atoms with Crippen LogP contribution in [0.3, 0.4) is 0 Å². The van der Waals surface area contributed by atoms with Gasteiger partial charge in [-0.05, 0) is 55.5 Å². The monoisotopic (exact) mass is 408 g/mol. The topological polar surface area (TPSA) is 83.4 Å². The molecule has 3 heterocycles. The molecule has 4 rings (SSSR count). The summed E-state index contributed by atoms with van der Waals surface area (Å²) >= 11 is 0. The lowest BCUT2D eigenvalue weighted by atomic mass is 9.83. The van der Waals surface area contributed by atoms with Crippen LogP contribution in [0.1, 0.15) is 35.6 Å². The normalized spacial score (nSPS) is 19.7. The third-order valence-corrected chi connectivity index (χ3v) is 5.90. The van der Waals surface area contributed by atoms with Crippen LogP contribution in [0.5, 0.6) is 0 Å². The first-order valence-corrected chi connectivity index (χ1v) is 10.5. The summed E-state index contributed by atoms with van der Waals surface area (Å²) in [4.78, 5) is 38.8. The Kier molecular flexibility index (Phi) is 5.61. The molecule has 1 fully saturated rings. The number of nitrogens with zero attached hydrogens (tertiary/aromatic N) is 2. The summed E-state index contributed by atoms with van der Waals surface area (Å²) in [7, 11) is 0. The highest BCUT2D eigenvalue weighted by Gasteiger charge is 2.36. The summed E-state index contributed by atoms with van der Waals surface area (Å²) in [6.45, 7) is 6.17. The van der Waals surface area contributed by atoms with Gasteiger partial charge in [0.1, 0.15) is 0 Å². The minimum atomic E-state index is -0.143. The number of anilines is 1. The molecule has 30 heavy (non-hydrogen) atoms. The molecule has 0 saturated carbocycles. The number of amides is 3. The molecule has 158 valence electrons. The molecule has 0 aliphatic carbocycles. The fraction of sp³-hybridized carbons (Fsp3) is 0.435. The van der Waals surface area contributed by atoms with Crippen molar-refractivity contribution in [2.45, 2.75) is 39.2 Å². The van der Waals surface area contributed by atoms with Gasteiger partial charge >= 0.3 is 6.03 Å². The van der Waals surface area contributed by atoms with E-state index in [0.29, 0.717) is 19.6 Å². The largest absolute Gasteiger partial charge is 0.337 e. The van der Waals surface area contributed by atoms with E-state index in [2.05, 4.69) is 16.7 Å². The molecule has 2 N–H and O–H groups in total. The molecule has 2 aliphatic rings. The summed E-state index contributed by atoms with van der Waals surface area (Å²) in [5.74, 6) is 0.351. The zero-order valence-corrected chi connectivity index (χ0v) is 17.5. The maximum atomic E-state index is 12.7. The van der Waals surface area contributed by atoms with Crippen LogP contribution in [0.2, 0.25) is 0 Å². The van der Waals surface area contributed by atoms with E-state index in [1.165, 1.54) is 0 Å². The number of urea groups is 1. The van der Waals surface area contributed by atoms with Crippen LogP contribution >= 0.6 is 0 Å². The summed E-state index contributed by atoms with van der Waals surface area (Å²) in [6.07, 6.45) is 1.23. The second-order valence-electron chi connectivity index (χ2n) is 8.51. The van der Waals surface area contributed by atoms with Crippen molar-refractivity contribution in [3.63, 3.8) is 0 Å². The van der Waals surface area contributed by atoms with Crippen LogP contribution in [0, 0.1) is 19.8 Å². The molecule has 0 spiro atoms. The van der Waals surface area contributed by atoms with E-state index in [1.54, 1.807) is 12.1 Å². The molecule has 2 atom stereocenters. The predicted octanol–water partition coefficient (Wildman–Crippen LogP) is 2.62. The molecule has 1 aromatic heterocycles. The van der Waals surface area contributed by atoms with E-state index >= 15 is 0 Å². The number of fused-ring (bicyclic) bond motifs is 4. The second-order valence-corrected chi connectivity index (χ2v) is 8.51. The van der Waals surface area contributed by atoms with Gasteiger partial charge in [0, 0.05) is 56.0 Å². The number of rotatable bonds is 4. The number of benzene rings is 1. The highest BCUT2D eigenvalue weighted by Crippen LogP contribution is 2.34. The predicted molar refractivity (Wildman–Crippen MR) is 116 cm³/mol. The summed E-state index contributed by atoms with van der Waals surface area (Å²) < 4.78 is 1.85. The van der Waals surface area contributed by atoms with Crippen molar-refractivity contribution in [1.29, 1.82) is 0 Å². The Bertz CT molecular complexity index is 1010. The zero-order chi connectivity index (χ0) is 21.3. The van der Waals surface area contributed by atoms with Crippen molar-refractivity contribution in [2.24, 2.45) is 5.92 Å². The highest BCUT2D eigenvalue weighted by atomic mass is 16.2. The van der Waals surface area contributed by atoms with Gasteiger partial charge in [-0.2, -0.15) is 0 Å². The number of aryl methyl sites for hydroxylation is 2. The van der Waals surface area contributed by atoms with Gasteiger partial charge in [0.25, 0.3) is 5.56 Å². The van der Waals surface area contributed by atoms with Gasteiger partial charge in [-0.1, -0.05) is 12.1 Å². The molecule has 1 aromatic carbocycles. The molecule has 0 radical (unpaired) electrons. The number of likely N-dealkylation sites (tertiary alicyclic amines) is 1. The van der Waals surface area contributed by atoms with Gasteiger partial charge < -0.3 is 20.1 Å². The standard InChI is InChI=1S/C23H28N4O3/c1-15-8-16(2)10-19(9-15)25-21(28)6-7-24-23(30)26-12-17-11-18(14-26)20-4-3-5-22(29)27(20)13-17/h3-5,8-10,17-18H,6-7,11-14H2,1-2H3,(H,24,30)(H,25,28)/t17-,18+/m1/s1. The van der Waals surface area contributed by atoms with Crippen LogP contribution in [0.15, 0.2) is 41.2 Å². The van der Waals surface area contributed by atoms with E-state index in [9.17, 15) is 14.4 Å². The Balaban J connectivity index is 1.29. The van der Waals surface area contributed by atoms with E-state index in [-0.39, 0.29) is 42.3 Å². The Morgan fingerprint density at radius 3 is 2.60 bits per heavy atom. The van der Waals surface area contributed by atoms with E-state index in [1.807, 2.05) is 41.5 Å². The molecule has 7 nitrogen and oxygen atoms in total. The SMILES string of the molecule is Cc1cc(C)cc(NC(=O)CCNC(=O)N2C[C@H]3C[C@@H](C2)c2cccc(=O)n2C3)c1. The number of nitrogens with one attached hydrogen (secondary N) is 2. The van der Waals surface area contributed by atoms with Gasteiger partial charge in [0.15, 0.2) is 0 Å². The second kappa shape index (κ2) is 8.34.